The van der Waals surface area contributed by atoms with Crippen LogP contribution in [0.15, 0.2) is 24.3 Å². The third kappa shape index (κ3) is 3.65. The van der Waals surface area contributed by atoms with Gasteiger partial charge >= 0.3 is 0 Å². The molecule has 1 aromatic carbocycles. The van der Waals surface area contributed by atoms with Gasteiger partial charge in [0.1, 0.15) is 5.75 Å². The van der Waals surface area contributed by atoms with Crippen LogP contribution in [0, 0.1) is 0 Å². The average Bonchev–Trinajstić information content (AvgIpc) is 2.28. The molecule has 1 aliphatic heterocycles. The van der Waals surface area contributed by atoms with Crippen LogP contribution in [0.2, 0.25) is 0 Å². The van der Waals surface area contributed by atoms with E-state index in [2.05, 4.69) is 44.3 Å². The molecule has 0 spiro atoms. The Hall–Kier alpha value is -0.670. The number of hydrogen-bond donors (Lipinski definition) is 1. The number of rotatable bonds is 3. The summed E-state index contributed by atoms with van der Waals surface area (Å²) in [6.45, 7) is 7.52. The van der Waals surface area contributed by atoms with E-state index >= 15 is 0 Å². The van der Waals surface area contributed by atoms with Crippen LogP contribution in [0.1, 0.15) is 38.1 Å². The lowest BCUT2D eigenvalue weighted by Crippen LogP contribution is -2.28. The van der Waals surface area contributed by atoms with Crippen molar-refractivity contribution in [2.45, 2.75) is 43.9 Å². The molecule has 2 rings (SSSR count). The Kier molecular flexibility index (Phi) is 4.35. The van der Waals surface area contributed by atoms with Crippen molar-refractivity contribution < 1.29 is 4.74 Å². The second kappa shape index (κ2) is 5.78. The van der Waals surface area contributed by atoms with Crippen molar-refractivity contribution in [1.29, 1.82) is 0 Å². The van der Waals surface area contributed by atoms with Crippen molar-refractivity contribution in [2.75, 3.05) is 6.54 Å². The Morgan fingerprint density at radius 1 is 1.41 bits per heavy atom. The Bertz CT molecular complexity index is 367. The van der Waals surface area contributed by atoms with Gasteiger partial charge in [-0.05, 0) is 44.5 Å². The van der Waals surface area contributed by atoms with Crippen LogP contribution in [-0.4, -0.2) is 17.9 Å². The summed E-state index contributed by atoms with van der Waals surface area (Å²) in [7, 11) is 0. The van der Waals surface area contributed by atoms with Gasteiger partial charge in [0.2, 0.25) is 0 Å². The highest BCUT2D eigenvalue weighted by molar-refractivity contribution is 8.00. The van der Waals surface area contributed by atoms with E-state index in [1.54, 1.807) is 0 Å². The molecule has 0 saturated carbocycles. The topological polar surface area (TPSA) is 21.3 Å². The maximum atomic E-state index is 5.74. The summed E-state index contributed by atoms with van der Waals surface area (Å²) >= 11 is 2.00. The van der Waals surface area contributed by atoms with Crippen LogP contribution < -0.4 is 10.1 Å². The molecule has 2 unspecified atom stereocenters. The Morgan fingerprint density at radius 2 is 2.24 bits per heavy atom. The molecule has 0 aromatic heterocycles. The van der Waals surface area contributed by atoms with Crippen LogP contribution in [-0.2, 0) is 0 Å². The van der Waals surface area contributed by atoms with Crippen molar-refractivity contribution in [3.63, 3.8) is 0 Å². The molecule has 2 nitrogen and oxygen atoms in total. The zero-order valence-corrected chi connectivity index (χ0v) is 11.6. The molecule has 1 fully saturated rings. The maximum Gasteiger partial charge on any atom is 0.120 e. The second-order valence-electron chi connectivity index (χ2n) is 4.81. The number of hydrogen-bond acceptors (Lipinski definition) is 3. The van der Waals surface area contributed by atoms with Crippen molar-refractivity contribution in [1.82, 2.24) is 5.32 Å². The summed E-state index contributed by atoms with van der Waals surface area (Å²) in [6.07, 6.45) is 1.49. The molecule has 1 aliphatic rings. The van der Waals surface area contributed by atoms with E-state index in [-0.39, 0.29) is 6.10 Å². The van der Waals surface area contributed by atoms with Gasteiger partial charge in [-0.25, -0.2) is 0 Å². The van der Waals surface area contributed by atoms with Gasteiger partial charge < -0.3 is 10.1 Å². The second-order valence-corrected chi connectivity index (χ2v) is 6.36. The van der Waals surface area contributed by atoms with Gasteiger partial charge in [-0.15, -0.1) is 11.8 Å². The lowest BCUT2D eigenvalue weighted by atomic mass is 10.2. The third-order valence-electron chi connectivity index (χ3n) is 2.78. The van der Waals surface area contributed by atoms with Gasteiger partial charge in [0.15, 0.2) is 0 Å². The molecule has 94 valence electrons. The maximum absolute atomic E-state index is 5.74. The fourth-order valence-corrected chi connectivity index (χ4v) is 3.22. The molecule has 0 amide bonds. The van der Waals surface area contributed by atoms with Gasteiger partial charge in [-0.3, -0.25) is 0 Å². The average molecular weight is 251 g/mol. The van der Waals surface area contributed by atoms with Crippen molar-refractivity contribution in [3.8, 4) is 5.75 Å². The van der Waals surface area contributed by atoms with Crippen LogP contribution in [0.25, 0.3) is 0 Å². The Balaban J connectivity index is 2.09. The van der Waals surface area contributed by atoms with E-state index < -0.39 is 0 Å². The van der Waals surface area contributed by atoms with Crippen LogP contribution in [0.5, 0.6) is 5.75 Å². The van der Waals surface area contributed by atoms with Gasteiger partial charge in [-0.1, -0.05) is 19.1 Å². The zero-order valence-electron chi connectivity index (χ0n) is 10.8. The number of benzene rings is 1. The first kappa shape index (κ1) is 12.8. The summed E-state index contributed by atoms with van der Waals surface area (Å²) in [5.74, 6) is 0.970. The molecule has 0 radical (unpaired) electrons. The van der Waals surface area contributed by atoms with Crippen molar-refractivity contribution in [2.24, 2.45) is 0 Å². The normalized spacial score (nSPS) is 24.9. The van der Waals surface area contributed by atoms with E-state index in [0.717, 1.165) is 17.5 Å². The summed E-state index contributed by atoms with van der Waals surface area (Å²) in [5.41, 5.74) is 1.32. The quantitative estimate of drug-likeness (QED) is 0.887. The predicted molar refractivity (Wildman–Crippen MR) is 74.6 cm³/mol. The summed E-state index contributed by atoms with van der Waals surface area (Å²) in [4.78, 5) is 0. The third-order valence-corrected chi connectivity index (χ3v) is 4.19. The largest absolute Gasteiger partial charge is 0.491 e. The van der Waals surface area contributed by atoms with E-state index in [4.69, 9.17) is 4.74 Å². The lowest BCUT2D eigenvalue weighted by Gasteiger charge is -2.28. The Labute approximate surface area is 108 Å². The first-order valence-electron chi connectivity index (χ1n) is 6.30. The van der Waals surface area contributed by atoms with E-state index in [0.29, 0.717) is 5.37 Å². The van der Waals surface area contributed by atoms with Crippen LogP contribution in [0.3, 0.4) is 0 Å². The standard InChI is InChI=1S/C14H21NOS/c1-10(2)16-13-6-4-5-12(9-13)14-15-8-7-11(3)17-14/h4-6,9-11,14-15H,7-8H2,1-3H3. The molecular formula is C14H21NOS. The fourth-order valence-electron chi connectivity index (χ4n) is 1.99. The fraction of sp³-hybridized carbons (Fsp3) is 0.571. The Morgan fingerprint density at radius 3 is 2.94 bits per heavy atom. The number of ether oxygens (including phenoxy) is 1. The molecule has 1 N–H and O–H groups in total. The van der Waals surface area contributed by atoms with Gasteiger partial charge in [-0.2, -0.15) is 0 Å². The SMILES string of the molecule is CC(C)Oc1cccc(C2NCCC(C)S2)c1. The lowest BCUT2D eigenvalue weighted by molar-refractivity contribution is 0.242. The summed E-state index contributed by atoms with van der Waals surface area (Å²) < 4.78 is 5.74. The molecule has 2 atom stereocenters. The molecule has 3 heteroatoms. The van der Waals surface area contributed by atoms with Crippen molar-refractivity contribution in [3.05, 3.63) is 29.8 Å². The first-order valence-corrected chi connectivity index (χ1v) is 7.25. The molecule has 0 aliphatic carbocycles. The van der Waals surface area contributed by atoms with Gasteiger partial charge in [0.25, 0.3) is 0 Å². The highest BCUT2D eigenvalue weighted by Crippen LogP contribution is 2.35. The number of thioether (sulfide) groups is 1. The van der Waals surface area contributed by atoms with E-state index in [1.165, 1.54) is 12.0 Å². The van der Waals surface area contributed by atoms with E-state index in [1.807, 2.05) is 17.8 Å². The van der Waals surface area contributed by atoms with E-state index in [9.17, 15) is 0 Å². The predicted octanol–water partition coefficient (Wildman–Crippen LogP) is 3.59. The zero-order chi connectivity index (χ0) is 12.3. The van der Waals surface area contributed by atoms with Crippen molar-refractivity contribution >= 4 is 11.8 Å². The molecular weight excluding hydrogens is 230 g/mol. The highest BCUT2D eigenvalue weighted by atomic mass is 32.2. The minimum absolute atomic E-state index is 0.233. The molecule has 17 heavy (non-hydrogen) atoms. The van der Waals surface area contributed by atoms with Gasteiger partial charge in [0.05, 0.1) is 11.5 Å². The van der Waals surface area contributed by atoms with Gasteiger partial charge in [0, 0.05) is 5.25 Å². The monoisotopic (exact) mass is 251 g/mol. The molecule has 1 aromatic rings. The minimum Gasteiger partial charge on any atom is -0.491 e. The smallest absolute Gasteiger partial charge is 0.120 e. The molecule has 0 bridgehead atoms. The number of nitrogens with one attached hydrogen (secondary N) is 1. The summed E-state index contributed by atoms with van der Waals surface area (Å²) in [6, 6.07) is 8.44. The minimum atomic E-state index is 0.233. The van der Waals surface area contributed by atoms with Crippen LogP contribution in [0.4, 0.5) is 0 Å². The van der Waals surface area contributed by atoms with Crippen LogP contribution >= 0.6 is 11.8 Å². The highest BCUT2D eigenvalue weighted by Gasteiger charge is 2.20. The molecule has 1 heterocycles. The first-order chi connectivity index (χ1) is 8.15. The summed E-state index contributed by atoms with van der Waals surface area (Å²) in [5, 5.41) is 4.70. The molecule has 1 saturated heterocycles.